The number of ether oxygens (including phenoxy) is 1. The third kappa shape index (κ3) is 4.13. The summed E-state index contributed by atoms with van der Waals surface area (Å²) in [4.78, 5) is 14.0. The van der Waals surface area contributed by atoms with Crippen molar-refractivity contribution in [2.24, 2.45) is 0 Å². The van der Waals surface area contributed by atoms with Crippen LogP contribution < -0.4 is 4.90 Å². The minimum Gasteiger partial charge on any atom is -0.377 e. The van der Waals surface area contributed by atoms with Crippen LogP contribution in [0.1, 0.15) is 25.7 Å². The van der Waals surface area contributed by atoms with Crippen LogP contribution in [0.25, 0.3) is 11.0 Å². The lowest BCUT2D eigenvalue weighted by Crippen LogP contribution is -2.38. The topological polar surface area (TPSA) is 41.5 Å². The third-order valence-corrected chi connectivity index (χ3v) is 5.70. The highest BCUT2D eigenvalue weighted by molar-refractivity contribution is 9.10. The summed E-state index contributed by atoms with van der Waals surface area (Å²) in [5.41, 5.74) is 3.11. The van der Waals surface area contributed by atoms with Crippen LogP contribution in [0, 0.1) is 0 Å². The summed E-state index contributed by atoms with van der Waals surface area (Å²) in [5.74, 6) is 0. The Bertz CT molecular complexity index is 712. The van der Waals surface area contributed by atoms with Gasteiger partial charge in [-0.3, -0.25) is 9.97 Å². The number of nitrogens with zero attached hydrogens (tertiary/aromatic N) is 4. The molecule has 2 fully saturated rings. The quantitative estimate of drug-likeness (QED) is 0.762. The van der Waals surface area contributed by atoms with Gasteiger partial charge in [0, 0.05) is 36.5 Å². The Labute approximate surface area is 157 Å². The van der Waals surface area contributed by atoms with Gasteiger partial charge in [-0.2, -0.15) is 0 Å². The lowest BCUT2D eigenvalue weighted by atomic mass is 10.1. The van der Waals surface area contributed by atoms with Crippen LogP contribution in [0.4, 0.5) is 5.69 Å². The van der Waals surface area contributed by atoms with E-state index in [1.807, 2.05) is 18.5 Å². The van der Waals surface area contributed by atoms with Gasteiger partial charge in [0.2, 0.25) is 0 Å². The Hall–Kier alpha value is -1.24. The summed E-state index contributed by atoms with van der Waals surface area (Å²) in [5, 5.41) is 0. The first kappa shape index (κ1) is 17.2. The predicted octanol–water partition coefficient (Wildman–Crippen LogP) is 3.47. The van der Waals surface area contributed by atoms with Crippen molar-refractivity contribution in [2.45, 2.75) is 31.8 Å². The average molecular weight is 405 g/mol. The molecule has 0 aliphatic carbocycles. The molecule has 0 amide bonds. The van der Waals surface area contributed by atoms with Crippen LogP contribution >= 0.6 is 15.9 Å². The maximum atomic E-state index is 6.13. The molecule has 0 aromatic carbocycles. The van der Waals surface area contributed by atoms with E-state index in [2.05, 4.69) is 41.8 Å². The Morgan fingerprint density at radius 2 is 1.92 bits per heavy atom. The van der Waals surface area contributed by atoms with Gasteiger partial charge in [0.05, 0.1) is 23.9 Å². The lowest BCUT2D eigenvalue weighted by molar-refractivity contribution is 0.0266. The molecule has 134 valence electrons. The maximum absolute atomic E-state index is 6.13. The zero-order valence-corrected chi connectivity index (χ0v) is 16.1. The summed E-state index contributed by atoms with van der Waals surface area (Å²) in [7, 11) is 0. The minimum atomic E-state index is 0.397. The first-order chi connectivity index (χ1) is 12.3. The van der Waals surface area contributed by atoms with Gasteiger partial charge in [-0.15, -0.1) is 0 Å². The zero-order chi connectivity index (χ0) is 17.1. The van der Waals surface area contributed by atoms with Crippen molar-refractivity contribution in [2.75, 3.05) is 44.2 Å². The lowest BCUT2D eigenvalue weighted by Gasteiger charge is -2.34. The normalized spacial score (nSPS) is 19.8. The van der Waals surface area contributed by atoms with Crippen molar-refractivity contribution in [1.29, 1.82) is 0 Å². The van der Waals surface area contributed by atoms with Crippen LogP contribution in [-0.2, 0) is 4.74 Å². The van der Waals surface area contributed by atoms with Crippen molar-refractivity contribution in [3.05, 3.63) is 29.0 Å². The van der Waals surface area contributed by atoms with Crippen molar-refractivity contribution in [1.82, 2.24) is 14.9 Å². The van der Waals surface area contributed by atoms with E-state index in [1.165, 1.54) is 31.6 Å². The van der Waals surface area contributed by atoms with Crippen LogP contribution in [0.5, 0.6) is 0 Å². The van der Waals surface area contributed by atoms with E-state index >= 15 is 0 Å². The van der Waals surface area contributed by atoms with E-state index in [0.717, 1.165) is 54.6 Å². The minimum absolute atomic E-state index is 0.397. The Morgan fingerprint density at radius 3 is 2.72 bits per heavy atom. The van der Waals surface area contributed by atoms with Gasteiger partial charge >= 0.3 is 0 Å². The van der Waals surface area contributed by atoms with E-state index < -0.39 is 0 Å². The summed E-state index contributed by atoms with van der Waals surface area (Å²) in [6.07, 6.45) is 8.99. The van der Waals surface area contributed by atoms with Gasteiger partial charge < -0.3 is 14.5 Å². The molecule has 0 N–H and O–H groups in total. The van der Waals surface area contributed by atoms with Crippen molar-refractivity contribution >= 4 is 32.7 Å². The van der Waals surface area contributed by atoms with Gasteiger partial charge in [0.1, 0.15) is 5.52 Å². The molecule has 2 aliphatic rings. The second kappa shape index (κ2) is 7.98. The van der Waals surface area contributed by atoms with Gasteiger partial charge in [0.25, 0.3) is 0 Å². The van der Waals surface area contributed by atoms with Crippen LogP contribution in [0.3, 0.4) is 0 Å². The van der Waals surface area contributed by atoms with E-state index in [9.17, 15) is 0 Å². The van der Waals surface area contributed by atoms with Gasteiger partial charge in [0.15, 0.2) is 0 Å². The first-order valence-corrected chi connectivity index (χ1v) is 10.1. The number of pyridine rings is 2. The molecule has 0 bridgehead atoms. The van der Waals surface area contributed by atoms with E-state index in [-0.39, 0.29) is 0 Å². The molecule has 2 saturated heterocycles. The number of piperidine rings is 1. The maximum Gasteiger partial charge on any atom is 0.112 e. The Morgan fingerprint density at radius 1 is 1.12 bits per heavy atom. The molecule has 0 spiro atoms. The predicted molar refractivity (Wildman–Crippen MR) is 104 cm³/mol. The Balaban J connectivity index is 1.32. The number of hydrogen-bond acceptors (Lipinski definition) is 5. The SMILES string of the molecule is Brc1cnc2c(N3CCC(OCCN4CCCC4)CC3)ccnc2c1. The molecule has 0 unspecified atom stereocenters. The fourth-order valence-electron chi connectivity index (χ4n) is 3.86. The molecular weight excluding hydrogens is 380 g/mol. The average Bonchev–Trinajstić information content (AvgIpc) is 3.15. The van der Waals surface area contributed by atoms with Crippen molar-refractivity contribution in [3.63, 3.8) is 0 Å². The monoisotopic (exact) mass is 404 g/mol. The third-order valence-electron chi connectivity index (χ3n) is 5.27. The number of likely N-dealkylation sites (tertiary alicyclic amines) is 1. The summed E-state index contributed by atoms with van der Waals surface area (Å²) < 4.78 is 7.10. The summed E-state index contributed by atoms with van der Waals surface area (Å²) >= 11 is 3.47. The van der Waals surface area contributed by atoms with E-state index in [1.54, 1.807) is 0 Å². The zero-order valence-electron chi connectivity index (χ0n) is 14.5. The van der Waals surface area contributed by atoms with Gasteiger partial charge in [-0.1, -0.05) is 0 Å². The fraction of sp³-hybridized carbons (Fsp3) is 0.579. The second-order valence-electron chi connectivity index (χ2n) is 6.96. The molecule has 2 aromatic rings. The van der Waals surface area contributed by atoms with Gasteiger partial charge in [-0.25, -0.2) is 0 Å². The first-order valence-electron chi connectivity index (χ1n) is 9.29. The number of fused-ring (bicyclic) bond motifs is 1. The highest BCUT2D eigenvalue weighted by Gasteiger charge is 2.22. The number of hydrogen-bond donors (Lipinski definition) is 0. The second-order valence-corrected chi connectivity index (χ2v) is 7.87. The van der Waals surface area contributed by atoms with Gasteiger partial charge in [-0.05, 0) is 66.8 Å². The van der Waals surface area contributed by atoms with E-state index in [0.29, 0.717) is 6.10 Å². The highest BCUT2D eigenvalue weighted by atomic mass is 79.9. The molecule has 0 atom stereocenters. The number of anilines is 1. The number of halogens is 1. The van der Waals surface area contributed by atoms with Crippen LogP contribution in [-0.4, -0.2) is 60.3 Å². The largest absolute Gasteiger partial charge is 0.377 e. The molecule has 25 heavy (non-hydrogen) atoms. The molecule has 5 nitrogen and oxygen atoms in total. The van der Waals surface area contributed by atoms with Crippen molar-refractivity contribution in [3.8, 4) is 0 Å². The summed E-state index contributed by atoms with van der Waals surface area (Å²) in [6.45, 7) is 6.50. The molecule has 0 radical (unpaired) electrons. The van der Waals surface area contributed by atoms with Crippen LogP contribution in [0.15, 0.2) is 29.0 Å². The molecule has 2 aliphatic heterocycles. The van der Waals surface area contributed by atoms with E-state index in [4.69, 9.17) is 4.74 Å². The standard InChI is InChI=1S/C19H25BrN4O/c20-15-13-17-19(22-14-15)18(3-6-21-17)24-9-4-16(5-10-24)25-12-11-23-7-1-2-8-23/h3,6,13-14,16H,1-2,4-5,7-12H2. The molecular formula is C19H25BrN4O. The molecule has 2 aromatic heterocycles. The van der Waals surface area contributed by atoms with Crippen molar-refractivity contribution < 1.29 is 4.74 Å². The number of rotatable bonds is 5. The Kier molecular flexibility index (Phi) is 5.48. The fourth-order valence-corrected chi connectivity index (χ4v) is 4.18. The highest BCUT2D eigenvalue weighted by Crippen LogP contribution is 2.28. The summed E-state index contributed by atoms with van der Waals surface area (Å²) in [6, 6.07) is 4.11. The molecule has 4 heterocycles. The number of aromatic nitrogens is 2. The smallest absolute Gasteiger partial charge is 0.112 e. The molecule has 4 rings (SSSR count). The van der Waals surface area contributed by atoms with Crippen LogP contribution in [0.2, 0.25) is 0 Å². The molecule has 0 saturated carbocycles. The molecule has 6 heteroatoms.